The zero-order valence-corrected chi connectivity index (χ0v) is 8.64. The van der Waals surface area contributed by atoms with E-state index in [9.17, 15) is 20.4 Å². The minimum Gasteiger partial charge on any atom is -0.396 e. The fourth-order valence-electron chi connectivity index (χ4n) is 2.30. The number of rotatable bonds is 3. The Bertz CT molecular complexity index is 234. The van der Waals surface area contributed by atoms with Gasteiger partial charge in [0.25, 0.3) is 0 Å². The molecule has 1 aliphatic carbocycles. The second kappa shape index (κ2) is 4.92. The Labute approximate surface area is 92.2 Å². The third kappa shape index (κ3) is 1.84. The molecule has 0 bridgehead atoms. The van der Waals surface area contributed by atoms with Crippen molar-refractivity contribution in [1.82, 2.24) is 0 Å². The third-order valence-electron chi connectivity index (χ3n) is 3.44. The molecule has 1 fully saturated rings. The van der Waals surface area contributed by atoms with Crippen LogP contribution in [0, 0.1) is 11.8 Å². The second-order valence-corrected chi connectivity index (χ2v) is 4.21. The molecule has 0 radical (unpaired) electrons. The number of hydrogen-bond donors (Lipinski definition) is 7. The van der Waals surface area contributed by atoms with E-state index in [0.717, 1.165) is 0 Å². The maximum atomic E-state index is 9.96. The normalized spacial score (nSPS) is 49.3. The van der Waals surface area contributed by atoms with Gasteiger partial charge in [0.15, 0.2) is 0 Å². The highest BCUT2D eigenvalue weighted by atomic mass is 16.4. The van der Waals surface area contributed by atoms with Crippen LogP contribution in [0.15, 0.2) is 0 Å². The molecule has 7 heteroatoms. The molecule has 0 saturated heterocycles. The van der Waals surface area contributed by atoms with Gasteiger partial charge in [-0.3, -0.25) is 0 Å². The third-order valence-corrected chi connectivity index (χ3v) is 3.44. The van der Waals surface area contributed by atoms with Crippen LogP contribution in [-0.2, 0) is 0 Å². The predicted octanol–water partition coefficient (Wildman–Crippen LogP) is -3.98. The number of aliphatic hydroxyl groups excluding tert-OH is 6. The minimum absolute atomic E-state index is 0.585. The summed E-state index contributed by atoms with van der Waals surface area (Å²) in [6.45, 7) is -2.11. The highest BCUT2D eigenvalue weighted by Crippen LogP contribution is 2.38. The Morgan fingerprint density at radius 2 is 1.44 bits per heavy atom. The van der Waals surface area contributed by atoms with Crippen molar-refractivity contribution in [2.45, 2.75) is 23.9 Å². The average molecular weight is 238 g/mol. The Hall–Kier alpha value is -0.280. The predicted molar refractivity (Wildman–Crippen MR) is 51.2 cm³/mol. The molecule has 96 valence electrons. The quantitative estimate of drug-likeness (QED) is 0.266. The molecule has 0 aromatic heterocycles. The van der Waals surface area contributed by atoms with Gasteiger partial charge in [-0.1, -0.05) is 0 Å². The van der Waals surface area contributed by atoms with Crippen molar-refractivity contribution in [3.05, 3.63) is 0 Å². The summed E-state index contributed by atoms with van der Waals surface area (Å²) in [5.41, 5.74) is -2.14. The summed E-state index contributed by atoms with van der Waals surface area (Å²) in [5.74, 6) is -2.13. The van der Waals surface area contributed by atoms with E-state index in [1.54, 1.807) is 0 Å². The van der Waals surface area contributed by atoms with Crippen molar-refractivity contribution < 1.29 is 35.7 Å². The first kappa shape index (κ1) is 13.8. The number of hydrogen-bond acceptors (Lipinski definition) is 7. The van der Waals surface area contributed by atoms with E-state index in [1.165, 1.54) is 0 Å². The molecule has 0 aromatic carbocycles. The first-order valence-corrected chi connectivity index (χ1v) is 5.03. The van der Waals surface area contributed by atoms with E-state index in [0.29, 0.717) is 0 Å². The first-order chi connectivity index (χ1) is 7.43. The molecule has 1 aliphatic rings. The lowest BCUT2D eigenvalue weighted by Crippen LogP contribution is -2.68. The van der Waals surface area contributed by atoms with E-state index in [4.69, 9.17) is 15.3 Å². The van der Waals surface area contributed by atoms with Crippen LogP contribution in [0.2, 0.25) is 0 Å². The monoisotopic (exact) mass is 238 g/mol. The maximum absolute atomic E-state index is 9.96. The zero-order valence-electron chi connectivity index (χ0n) is 8.64. The van der Waals surface area contributed by atoms with Crippen LogP contribution in [0.1, 0.15) is 0 Å². The molecule has 1 saturated carbocycles. The lowest BCUT2D eigenvalue weighted by atomic mass is 9.65. The van der Waals surface area contributed by atoms with Gasteiger partial charge in [0.2, 0.25) is 0 Å². The standard InChI is InChI=1S/C9H18O7/c10-1-4-5(2-11)9(16,3-12)8(15)7(14)6(4)13/h4-8,10-16H,1-3H2/t4-,5+,6-,7-,8-,9+/m0/s1. The summed E-state index contributed by atoms with van der Waals surface area (Å²) < 4.78 is 0. The molecule has 0 aromatic rings. The van der Waals surface area contributed by atoms with E-state index in [2.05, 4.69) is 0 Å². The van der Waals surface area contributed by atoms with Gasteiger partial charge < -0.3 is 35.7 Å². The van der Waals surface area contributed by atoms with Crippen molar-refractivity contribution in [3.63, 3.8) is 0 Å². The van der Waals surface area contributed by atoms with Crippen LogP contribution >= 0.6 is 0 Å². The molecule has 0 spiro atoms. The van der Waals surface area contributed by atoms with Crippen molar-refractivity contribution in [2.24, 2.45) is 11.8 Å². The fraction of sp³-hybridized carbons (Fsp3) is 1.00. The maximum Gasteiger partial charge on any atom is 0.121 e. The summed E-state index contributed by atoms with van der Waals surface area (Å²) in [6, 6.07) is 0. The van der Waals surface area contributed by atoms with Gasteiger partial charge >= 0.3 is 0 Å². The smallest absolute Gasteiger partial charge is 0.121 e. The summed E-state index contributed by atoms with van der Waals surface area (Å²) >= 11 is 0. The minimum atomic E-state index is -2.14. The topological polar surface area (TPSA) is 142 Å². The van der Waals surface area contributed by atoms with Gasteiger partial charge in [0.1, 0.15) is 17.8 Å². The van der Waals surface area contributed by atoms with Crippen LogP contribution in [0.25, 0.3) is 0 Å². The van der Waals surface area contributed by atoms with E-state index < -0.39 is 55.6 Å². The summed E-state index contributed by atoms with van der Waals surface area (Å²) in [4.78, 5) is 0. The van der Waals surface area contributed by atoms with Gasteiger partial charge in [-0.05, 0) is 0 Å². The molecular formula is C9H18O7. The highest BCUT2D eigenvalue weighted by Gasteiger charge is 2.57. The molecule has 16 heavy (non-hydrogen) atoms. The molecule has 0 heterocycles. The van der Waals surface area contributed by atoms with Gasteiger partial charge in [-0.2, -0.15) is 0 Å². The highest BCUT2D eigenvalue weighted by molar-refractivity contribution is 5.06. The molecule has 1 rings (SSSR count). The van der Waals surface area contributed by atoms with Crippen molar-refractivity contribution in [2.75, 3.05) is 19.8 Å². The molecule has 7 nitrogen and oxygen atoms in total. The van der Waals surface area contributed by atoms with E-state index in [1.807, 2.05) is 0 Å². The lowest BCUT2D eigenvalue weighted by Gasteiger charge is -2.49. The zero-order chi connectivity index (χ0) is 12.5. The molecule has 6 atom stereocenters. The van der Waals surface area contributed by atoms with Crippen LogP contribution < -0.4 is 0 Å². The van der Waals surface area contributed by atoms with Crippen LogP contribution in [0.3, 0.4) is 0 Å². The Morgan fingerprint density at radius 1 is 0.875 bits per heavy atom. The molecular weight excluding hydrogens is 220 g/mol. The van der Waals surface area contributed by atoms with Crippen molar-refractivity contribution in [1.29, 1.82) is 0 Å². The first-order valence-electron chi connectivity index (χ1n) is 5.03. The van der Waals surface area contributed by atoms with Gasteiger partial charge in [0.05, 0.1) is 12.7 Å². The van der Waals surface area contributed by atoms with E-state index in [-0.39, 0.29) is 0 Å². The van der Waals surface area contributed by atoms with Crippen molar-refractivity contribution in [3.8, 4) is 0 Å². The van der Waals surface area contributed by atoms with Crippen molar-refractivity contribution >= 4 is 0 Å². The Morgan fingerprint density at radius 3 is 1.81 bits per heavy atom. The second-order valence-electron chi connectivity index (χ2n) is 4.21. The largest absolute Gasteiger partial charge is 0.396 e. The van der Waals surface area contributed by atoms with Gasteiger partial charge in [-0.25, -0.2) is 0 Å². The summed E-state index contributed by atoms with van der Waals surface area (Å²) in [7, 11) is 0. The molecule has 0 aliphatic heterocycles. The summed E-state index contributed by atoms with van der Waals surface area (Å²) in [6.07, 6.45) is -4.94. The van der Waals surface area contributed by atoms with Crippen LogP contribution in [0.4, 0.5) is 0 Å². The Kier molecular flexibility index (Phi) is 4.24. The summed E-state index contributed by atoms with van der Waals surface area (Å²) in [5, 5.41) is 65.7. The van der Waals surface area contributed by atoms with Gasteiger partial charge in [-0.15, -0.1) is 0 Å². The fourth-order valence-corrected chi connectivity index (χ4v) is 2.30. The van der Waals surface area contributed by atoms with E-state index >= 15 is 0 Å². The average Bonchev–Trinajstić information content (AvgIpc) is 2.30. The molecule has 0 amide bonds. The Balaban J connectivity index is 3.07. The SMILES string of the molecule is OC[C@@H]1[C@H](O)[C@H](O)[C@H](O)[C@@](O)(CO)[C@@H]1CO. The molecule has 0 unspecified atom stereocenters. The van der Waals surface area contributed by atoms with Crippen LogP contribution in [0.5, 0.6) is 0 Å². The molecule has 7 N–H and O–H groups in total. The lowest BCUT2D eigenvalue weighted by molar-refractivity contribution is -0.254. The number of aliphatic hydroxyl groups is 7. The van der Waals surface area contributed by atoms with Gasteiger partial charge in [0, 0.05) is 25.0 Å². The van der Waals surface area contributed by atoms with Crippen LogP contribution in [-0.4, -0.2) is 79.5 Å².